The molecule has 2 aliphatic rings. The van der Waals surface area contributed by atoms with Gasteiger partial charge in [0, 0.05) is 42.7 Å². The second kappa shape index (κ2) is 7.80. The van der Waals surface area contributed by atoms with Gasteiger partial charge < -0.3 is 20.3 Å². The molecule has 2 aliphatic heterocycles. The quantitative estimate of drug-likeness (QED) is 0.817. The van der Waals surface area contributed by atoms with Crippen LogP contribution in [0.5, 0.6) is 0 Å². The monoisotopic (exact) mass is 365 g/mol. The van der Waals surface area contributed by atoms with Crippen molar-refractivity contribution in [2.45, 2.75) is 12.8 Å². The van der Waals surface area contributed by atoms with Crippen LogP contribution in [0.1, 0.15) is 12.0 Å². The topological polar surface area (TPSA) is 70.7 Å². The number of para-hydroxylation sites is 1. The first-order valence-electron chi connectivity index (χ1n) is 9.33. The van der Waals surface area contributed by atoms with Crippen molar-refractivity contribution in [1.29, 1.82) is 0 Å². The number of hydrogen-bond donors (Lipinski definition) is 2. The van der Waals surface area contributed by atoms with Crippen molar-refractivity contribution in [3.05, 3.63) is 54.1 Å². The Bertz CT molecular complexity index is 829. The van der Waals surface area contributed by atoms with E-state index in [1.165, 1.54) is 11.3 Å². The van der Waals surface area contributed by atoms with Gasteiger partial charge in [-0.2, -0.15) is 0 Å². The number of nitrogens with one attached hydrogen (secondary N) is 2. The zero-order chi connectivity index (χ0) is 18.6. The fourth-order valence-electron chi connectivity index (χ4n) is 3.58. The number of benzene rings is 2. The molecule has 27 heavy (non-hydrogen) atoms. The number of rotatable bonds is 4. The molecule has 140 valence electrons. The second-order valence-electron chi connectivity index (χ2n) is 6.97. The fraction of sp³-hybridized carbons (Fsp3) is 0.333. The molecule has 2 aromatic carbocycles. The maximum Gasteiger partial charge on any atom is 0.313 e. The molecule has 0 aromatic heterocycles. The Morgan fingerprint density at radius 2 is 1.89 bits per heavy atom. The van der Waals surface area contributed by atoms with Crippen molar-refractivity contribution in [3.8, 4) is 0 Å². The first kappa shape index (κ1) is 17.5. The molecule has 4 rings (SSSR count). The minimum atomic E-state index is -0.645. The highest BCUT2D eigenvalue weighted by atomic mass is 16.5. The summed E-state index contributed by atoms with van der Waals surface area (Å²) in [5.74, 6) is -0.961. The number of carbonyl (C=O) groups is 2. The number of fused-ring (bicyclic) bond motifs is 1. The molecular formula is C21H23N3O3. The Kier molecular flexibility index (Phi) is 5.07. The molecule has 2 heterocycles. The van der Waals surface area contributed by atoms with Gasteiger partial charge in [-0.3, -0.25) is 9.59 Å². The number of nitrogens with zero attached hydrogens (tertiary/aromatic N) is 1. The van der Waals surface area contributed by atoms with Crippen molar-refractivity contribution in [2.24, 2.45) is 5.92 Å². The van der Waals surface area contributed by atoms with Crippen molar-refractivity contribution in [3.63, 3.8) is 0 Å². The van der Waals surface area contributed by atoms with Gasteiger partial charge in [0.15, 0.2) is 0 Å². The molecule has 2 aromatic rings. The fourth-order valence-corrected chi connectivity index (χ4v) is 3.58. The number of anilines is 3. The minimum absolute atomic E-state index is 0.296. The molecule has 0 radical (unpaired) electrons. The third-order valence-electron chi connectivity index (χ3n) is 5.11. The van der Waals surface area contributed by atoms with E-state index in [4.69, 9.17) is 4.74 Å². The molecule has 1 saturated heterocycles. The Morgan fingerprint density at radius 3 is 2.67 bits per heavy atom. The maximum atomic E-state index is 12.1. The Hall–Kier alpha value is -2.86. The average Bonchev–Trinajstić information content (AvgIpc) is 3.36. The van der Waals surface area contributed by atoms with Gasteiger partial charge in [0.2, 0.25) is 0 Å². The van der Waals surface area contributed by atoms with E-state index >= 15 is 0 Å². The summed E-state index contributed by atoms with van der Waals surface area (Å²) in [6, 6.07) is 16.0. The lowest BCUT2D eigenvalue weighted by Gasteiger charge is -2.20. The summed E-state index contributed by atoms with van der Waals surface area (Å²) in [5, 5.41) is 5.33. The van der Waals surface area contributed by atoms with E-state index in [2.05, 4.69) is 33.7 Å². The standard InChI is InChI=1S/C21H23N3O3/c25-20(22-13-15-10-12-27-14-15)21(26)23-17-5-7-18(8-6-17)24-11-9-16-3-1-2-4-19(16)24/h1-8,15H,9-14H2,(H,22,25)(H,23,26)/t15-/m1/s1. The molecule has 0 saturated carbocycles. The first-order valence-corrected chi connectivity index (χ1v) is 9.33. The first-order chi connectivity index (χ1) is 13.2. The molecule has 1 fully saturated rings. The predicted molar refractivity (Wildman–Crippen MR) is 104 cm³/mol. The predicted octanol–water partition coefficient (Wildman–Crippen LogP) is 2.47. The third-order valence-corrected chi connectivity index (χ3v) is 5.11. The summed E-state index contributed by atoms with van der Waals surface area (Å²) in [7, 11) is 0. The molecule has 6 heteroatoms. The van der Waals surface area contributed by atoms with E-state index in [0.717, 1.165) is 31.7 Å². The zero-order valence-electron chi connectivity index (χ0n) is 15.1. The molecule has 0 spiro atoms. The highest BCUT2D eigenvalue weighted by Crippen LogP contribution is 2.34. The highest BCUT2D eigenvalue weighted by molar-refractivity contribution is 6.39. The van der Waals surface area contributed by atoms with Crippen molar-refractivity contribution in [2.75, 3.05) is 36.5 Å². The maximum absolute atomic E-state index is 12.1. The summed E-state index contributed by atoms with van der Waals surface area (Å²) < 4.78 is 5.27. The number of amides is 2. The molecule has 6 nitrogen and oxygen atoms in total. The summed E-state index contributed by atoms with van der Waals surface area (Å²) in [6.07, 6.45) is 1.95. The Labute approximate surface area is 158 Å². The van der Waals surface area contributed by atoms with Crippen LogP contribution < -0.4 is 15.5 Å². The van der Waals surface area contributed by atoms with Crippen molar-refractivity contribution in [1.82, 2.24) is 5.32 Å². The van der Waals surface area contributed by atoms with Crippen LogP contribution in [-0.2, 0) is 20.7 Å². The van der Waals surface area contributed by atoms with Gasteiger partial charge in [-0.1, -0.05) is 18.2 Å². The van der Waals surface area contributed by atoms with Gasteiger partial charge in [0.25, 0.3) is 0 Å². The van der Waals surface area contributed by atoms with Crippen LogP contribution in [-0.4, -0.2) is 38.1 Å². The van der Waals surface area contributed by atoms with Gasteiger partial charge >= 0.3 is 11.8 Å². The van der Waals surface area contributed by atoms with Gasteiger partial charge in [-0.25, -0.2) is 0 Å². The van der Waals surface area contributed by atoms with E-state index < -0.39 is 11.8 Å². The third kappa shape index (κ3) is 3.95. The van der Waals surface area contributed by atoms with Crippen LogP contribution >= 0.6 is 0 Å². The Morgan fingerprint density at radius 1 is 1.07 bits per heavy atom. The van der Waals surface area contributed by atoms with Crippen LogP contribution in [0.2, 0.25) is 0 Å². The lowest BCUT2D eigenvalue weighted by Crippen LogP contribution is -2.38. The second-order valence-corrected chi connectivity index (χ2v) is 6.97. The molecule has 0 bridgehead atoms. The van der Waals surface area contributed by atoms with Crippen LogP contribution in [0.4, 0.5) is 17.1 Å². The van der Waals surface area contributed by atoms with Gasteiger partial charge in [0.05, 0.1) is 6.61 Å². The average molecular weight is 365 g/mol. The molecule has 1 atom stereocenters. The van der Waals surface area contributed by atoms with Crippen LogP contribution in [0.3, 0.4) is 0 Å². The van der Waals surface area contributed by atoms with E-state index in [1.807, 2.05) is 30.3 Å². The highest BCUT2D eigenvalue weighted by Gasteiger charge is 2.21. The molecule has 0 unspecified atom stereocenters. The summed E-state index contributed by atoms with van der Waals surface area (Å²) in [4.78, 5) is 26.3. The largest absolute Gasteiger partial charge is 0.381 e. The normalized spacial score (nSPS) is 18.2. The lowest BCUT2D eigenvalue weighted by atomic mass is 10.1. The van der Waals surface area contributed by atoms with Crippen LogP contribution in [0.25, 0.3) is 0 Å². The minimum Gasteiger partial charge on any atom is -0.381 e. The molecule has 2 amide bonds. The van der Waals surface area contributed by atoms with Crippen LogP contribution in [0, 0.1) is 5.92 Å². The summed E-state index contributed by atoms with van der Waals surface area (Å²) in [5.41, 5.74) is 4.25. The SMILES string of the molecule is O=C(NC[C@H]1CCOC1)C(=O)Nc1ccc(N2CCc3ccccc32)cc1. The lowest BCUT2D eigenvalue weighted by molar-refractivity contribution is -0.136. The van der Waals surface area contributed by atoms with E-state index in [-0.39, 0.29) is 0 Å². The number of carbonyl (C=O) groups excluding carboxylic acids is 2. The van der Waals surface area contributed by atoms with Gasteiger partial charge in [0.1, 0.15) is 0 Å². The van der Waals surface area contributed by atoms with Gasteiger partial charge in [-0.15, -0.1) is 0 Å². The van der Waals surface area contributed by atoms with Crippen LogP contribution in [0.15, 0.2) is 48.5 Å². The molecular weight excluding hydrogens is 342 g/mol. The smallest absolute Gasteiger partial charge is 0.313 e. The van der Waals surface area contributed by atoms with Crippen molar-refractivity contribution >= 4 is 28.9 Å². The zero-order valence-corrected chi connectivity index (χ0v) is 15.1. The number of ether oxygens (including phenoxy) is 1. The van der Waals surface area contributed by atoms with E-state index in [9.17, 15) is 9.59 Å². The van der Waals surface area contributed by atoms with E-state index in [1.54, 1.807) is 0 Å². The Balaban J connectivity index is 1.34. The number of hydrogen-bond acceptors (Lipinski definition) is 4. The molecule has 0 aliphatic carbocycles. The van der Waals surface area contributed by atoms with E-state index in [0.29, 0.717) is 24.8 Å². The molecule has 2 N–H and O–H groups in total. The summed E-state index contributed by atoms with van der Waals surface area (Å²) >= 11 is 0. The van der Waals surface area contributed by atoms with Gasteiger partial charge in [-0.05, 0) is 48.7 Å². The summed E-state index contributed by atoms with van der Waals surface area (Å²) in [6.45, 7) is 2.78. The van der Waals surface area contributed by atoms with Crippen molar-refractivity contribution < 1.29 is 14.3 Å².